The number of nitrogens with zero attached hydrogens (tertiary/aromatic N) is 2. The Kier molecular flexibility index (Phi) is 3.33. The summed E-state index contributed by atoms with van der Waals surface area (Å²) in [5, 5.41) is 9.14. The number of fused-ring (bicyclic) bond motifs is 1. The number of aryl methyl sites for hydroxylation is 1. The molecule has 0 saturated carbocycles. The number of carboxylic acids is 1. The minimum atomic E-state index is -3.95. The van der Waals surface area contributed by atoms with Crippen molar-refractivity contribution in [2.45, 2.75) is 23.8 Å². The molecule has 9 heteroatoms. The van der Waals surface area contributed by atoms with Crippen molar-refractivity contribution in [1.82, 2.24) is 8.87 Å². The number of oxazole rings is 1. The maximum Gasteiger partial charge on any atom is 0.419 e. The highest BCUT2D eigenvalue weighted by Gasteiger charge is 2.39. The molecule has 2 heterocycles. The van der Waals surface area contributed by atoms with Crippen LogP contribution in [-0.2, 0) is 21.9 Å². The molecule has 1 N–H and O–H groups in total. The van der Waals surface area contributed by atoms with Gasteiger partial charge in [0, 0.05) is 19.7 Å². The molecule has 1 aliphatic rings. The number of aromatic nitrogens is 1. The Labute approximate surface area is 125 Å². The molecule has 0 unspecified atom stereocenters. The summed E-state index contributed by atoms with van der Waals surface area (Å²) in [6.07, 6.45) is 0.788. The molecule has 118 valence electrons. The first-order valence-corrected chi connectivity index (χ1v) is 8.10. The number of hydrogen-bond donors (Lipinski definition) is 1. The van der Waals surface area contributed by atoms with Crippen LogP contribution >= 0.6 is 0 Å². The van der Waals surface area contributed by atoms with E-state index in [0.717, 1.165) is 4.31 Å². The second-order valence-corrected chi connectivity index (χ2v) is 7.06. The summed E-state index contributed by atoms with van der Waals surface area (Å²) in [6.45, 7) is 0.163. The van der Waals surface area contributed by atoms with E-state index < -0.39 is 27.8 Å². The fourth-order valence-electron chi connectivity index (χ4n) is 2.68. The molecule has 2 aromatic rings. The van der Waals surface area contributed by atoms with Crippen LogP contribution in [0.1, 0.15) is 12.8 Å². The summed E-state index contributed by atoms with van der Waals surface area (Å²) in [5.74, 6) is -1.75. The van der Waals surface area contributed by atoms with E-state index in [1.54, 1.807) is 0 Å². The Bertz CT molecular complexity index is 910. The van der Waals surface area contributed by atoms with E-state index in [2.05, 4.69) is 0 Å². The summed E-state index contributed by atoms with van der Waals surface area (Å²) in [5.41, 5.74) is 0.625. The van der Waals surface area contributed by atoms with Gasteiger partial charge in [0.05, 0.1) is 10.4 Å². The zero-order valence-corrected chi connectivity index (χ0v) is 12.5. The van der Waals surface area contributed by atoms with Crippen LogP contribution in [0.25, 0.3) is 11.1 Å². The van der Waals surface area contributed by atoms with Gasteiger partial charge in [0.1, 0.15) is 6.04 Å². The molecule has 1 aromatic heterocycles. The highest BCUT2D eigenvalue weighted by molar-refractivity contribution is 7.89. The quantitative estimate of drug-likeness (QED) is 0.872. The first-order valence-electron chi connectivity index (χ1n) is 6.66. The molecule has 1 saturated heterocycles. The van der Waals surface area contributed by atoms with Crippen molar-refractivity contribution in [3.63, 3.8) is 0 Å². The van der Waals surface area contributed by atoms with E-state index in [4.69, 9.17) is 9.52 Å². The Morgan fingerprint density at radius 2 is 2.14 bits per heavy atom. The van der Waals surface area contributed by atoms with E-state index in [1.165, 1.54) is 29.8 Å². The zero-order chi connectivity index (χ0) is 16.1. The fraction of sp³-hybridized carbons (Fsp3) is 0.385. The molecule has 3 rings (SSSR count). The van der Waals surface area contributed by atoms with Crippen LogP contribution in [0.4, 0.5) is 0 Å². The number of sulfonamides is 1. The van der Waals surface area contributed by atoms with Crippen molar-refractivity contribution in [2.75, 3.05) is 6.54 Å². The van der Waals surface area contributed by atoms with E-state index in [0.29, 0.717) is 11.9 Å². The van der Waals surface area contributed by atoms with Gasteiger partial charge in [-0.3, -0.25) is 9.36 Å². The Hall–Kier alpha value is -2.13. The summed E-state index contributed by atoms with van der Waals surface area (Å²) < 4.78 is 32.5. The molecule has 0 aliphatic carbocycles. The lowest BCUT2D eigenvalue weighted by Gasteiger charge is -2.20. The molecule has 1 fully saturated rings. The highest BCUT2D eigenvalue weighted by atomic mass is 32.2. The van der Waals surface area contributed by atoms with Crippen LogP contribution in [0, 0.1) is 0 Å². The van der Waals surface area contributed by atoms with Gasteiger partial charge in [-0.15, -0.1) is 0 Å². The van der Waals surface area contributed by atoms with Crippen molar-refractivity contribution >= 4 is 27.1 Å². The lowest BCUT2D eigenvalue weighted by molar-refractivity contribution is -0.140. The topological polar surface area (TPSA) is 110 Å². The van der Waals surface area contributed by atoms with Crippen LogP contribution in [-0.4, -0.2) is 41.0 Å². The summed E-state index contributed by atoms with van der Waals surface area (Å²) in [6, 6.07) is 3.02. The summed E-state index contributed by atoms with van der Waals surface area (Å²) >= 11 is 0. The van der Waals surface area contributed by atoms with Crippen molar-refractivity contribution < 1.29 is 22.7 Å². The standard InChI is InChI=1S/C13H14N2O6S/c1-14-9-5-4-8(7-11(9)21-13(14)18)22(19,20)15-6-2-3-10(15)12(16)17/h4-5,7,10H,2-3,6H2,1H3,(H,16,17)/t10-/m0/s1. The van der Waals surface area contributed by atoms with Gasteiger partial charge in [-0.2, -0.15) is 4.31 Å². The van der Waals surface area contributed by atoms with Crippen molar-refractivity contribution in [2.24, 2.45) is 7.05 Å². The first kappa shape index (κ1) is 14.8. The van der Waals surface area contributed by atoms with Crippen LogP contribution in [0.5, 0.6) is 0 Å². The smallest absolute Gasteiger partial charge is 0.419 e. The van der Waals surface area contributed by atoms with Gasteiger partial charge < -0.3 is 9.52 Å². The van der Waals surface area contributed by atoms with Crippen LogP contribution in [0.2, 0.25) is 0 Å². The van der Waals surface area contributed by atoms with Gasteiger partial charge >= 0.3 is 11.7 Å². The minimum absolute atomic E-state index is 0.0810. The Morgan fingerprint density at radius 3 is 2.82 bits per heavy atom. The summed E-state index contributed by atoms with van der Waals surface area (Å²) in [7, 11) is -2.43. The second-order valence-electron chi connectivity index (χ2n) is 5.17. The minimum Gasteiger partial charge on any atom is -0.480 e. The SMILES string of the molecule is Cn1c(=O)oc2cc(S(=O)(=O)N3CCC[C@H]3C(=O)O)ccc21. The maximum absolute atomic E-state index is 12.6. The number of carboxylic acid groups (broad SMARTS) is 1. The largest absolute Gasteiger partial charge is 0.480 e. The van der Waals surface area contributed by atoms with Gasteiger partial charge in [-0.25, -0.2) is 13.2 Å². The van der Waals surface area contributed by atoms with Gasteiger partial charge in [0.2, 0.25) is 10.0 Å². The molecule has 8 nitrogen and oxygen atoms in total. The van der Waals surface area contributed by atoms with Crippen molar-refractivity contribution in [3.8, 4) is 0 Å². The molecular weight excluding hydrogens is 312 g/mol. The number of hydrogen-bond acceptors (Lipinski definition) is 5. The van der Waals surface area contributed by atoms with Gasteiger partial charge in [0.15, 0.2) is 5.58 Å². The molecule has 1 atom stereocenters. The molecular formula is C13H14N2O6S. The van der Waals surface area contributed by atoms with Crippen LogP contribution in [0.15, 0.2) is 32.3 Å². The van der Waals surface area contributed by atoms with Crippen LogP contribution in [0.3, 0.4) is 0 Å². The third kappa shape index (κ3) is 2.13. The lowest BCUT2D eigenvalue weighted by Crippen LogP contribution is -2.40. The predicted octanol–water partition coefficient (Wildman–Crippen LogP) is 0.369. The van der Waals surface area contributed by atoms with Gasteiger partial charge in [-0.05, 0) is 25.0 Å². The van der Waals surface area contributed by atoms with Crippen molar-refractivity contribution in [3.05, 3.63) is 28.7 Å². The lowest BCUT2D eigenvalue weighted by atomic mass is 10.2. The summed E-state index contributed by atoms with van der Waals surface area (Å²) in [4.78, 5) is 22.6. The number of aliphatic carboxylic acids is 1. The van der Waals surface area contributed by atoms with Crippen LogP contribution < -0.4 is 5.76 Å². The molecule has 0 bridgehead atoms. The molecule has 1 aliphatic heterocycles. The molecule has 0 spiro atoms. The third-order valence-corrected chi connectivity index (χ3v) is 5.76. The van der Waals surface area contributed by atoms with E-state index in [1.807, 2.05) is 0 Å². The van der Waals surface area contributed by atoms with E-state index >= 15 is 0 Å². The second kappa shape index (κ2) is 4.96. The van der Waals surface area contributed by atoms with Crippen molar-refractivity contribution in [1.29, 1.82) is 0 Å². The monoisotopic (exact) mass is 326 g/mol. The predicted molar refractivity (Wildman–Crippen MR) is 76.0 cm³/mol. The molecule has 0 amide bonds. The average Bonchev–Trinajstić information content (AvgIpc) is 3.05. The van der Waals surface area contributed by atoms with E-state index in [9.17, 15) is 18.0 Å². The third-order valence-electron chi connectivity index (χ3n) is 3.86. The molecule has 22 heavy (non-hydrogen) atoms. The number of rotatable bonds is 3. The number of carbonyl (C=O) groups is 1. The Balaban J connectivity index is 2.09. The molecule has 1 aromatic carbocycles. The average molecular weight is 326 g/mol. The number of benzene rings is 1. The van der Waals surface area contributed by atoms with E-state index in [-0.39, 0.29) is 23.4 Å². The fourth-order valence-corrected chi connectivity index (χ4v) is 4.35. The zero-order valence-electron chi connectivity index (χ0n) is 11.7. The normalized spacial score (nSPS) is 19.8. The van der Waals surface area contributed by atoms with Gasteiger partial charge in [-0.1, -0.05) is 0 Å². The first-order chi connectivity index (χ1) is 10.3. The maximum atomic E-state index is 12.6. The molecule has 0 radical (unpaired) electrons. The highest BCUT2D eigenvalue weighted by Crippen LogP contribution is 2.27. The van der Waals surface area contributed by atoms with Gasteiger partial charge in [0.25, 0.3) is 0 Å². The Morgan fingerprint density at radius 1 is 1.41 bits per heavy atom.